The molecule has 0 radical (unpaired) electrons. The molecule has 2 heterocycles. The Bertz CT molecular complexity index is 465. The highest BCUT2D eigenvalue weighted by molar-refractivity contribution is 7.99. The first-order chi connectivity index (χ1) is 9.45. The lowest BCUT2D eigenvalue weighted by Gasteiger charge is -2.30. The maximum Gasteiger partial charge on any atom is 0.0967 e. The summed E-state index contributed by atoms with van der Waals surface area (Å²) in [4.78, 5) is 6.16. The van der Waals surface area contributed by atoms with E-state index in [4.69, 9.17) is 4.84 Å². The second kappa shape index (κ2) is 5.27. The molecule has 2 nitrogen and oxygen atoms in total. The number of anilines is 1. The van der Waals surface area contributed by atoms with Crippen LogP contribution in [0.2, 0.25) is 0 Å². The summed E-state index contributed by atoms with van der Waals surface area (Å²) in [5.41, 5.74) is 2.80. The predicted molar refractivity (Wildman–Crippen MR) is 87.4 cm³/mol. The minimum absolute atomic E-state index is 0.210. The first kappa shape index (κ1) is 14.3. The fourth-order valence-corrected chi connectivity index (χ4v) is 4.26. The van der Waals surface area contributed by atoms with E-state index in [0.717, 1.165) is 5.75 Å². The number of fused-ring (bicyclic) bond motifs is 2. The van der Waals surface area contributed by atoms with Crippen molar-refractivity contribution in [3.8, 4) is 0 Å². The van der Waals surface area contributed by atoms with Gasteiger partial charge in [0.2, 0.25) is 0 Å². The summed E-state index contributed by atoms with van der Waals surface area (Å²) in [6, 6.07) is 9.47. The van der Waals surface area contributed by atoms with Gasteiger partial charge in [-0.25, -0.2) is 0 Å². The Balaban J connectivity index is 1.82. The molecule has 0 spiro atoms. The van der Waals surface area contributed by atoms with Crippen LogP contribution in [0.15, 0.2) is 24.3 Å². The zero-order chi connectivity index (χ0) is 14.3. The van der Waals surface area contributed by atoms with Gasteiger partial charge in [0.1, 0.15) is 0 Å². The molecule has 3 heteroatoms. The molecule has 3 rings (SSSR count). The number of hydroxylamine groups is 1. The quantitative estimate of drug-likeness (QED) is 0.767. The van der Waals surface area contributed by atoms with Crippen LogP contribution in [0.1, 0.15) is 39.7 Å². The van der Waals surface area contributed by atoms with Crippen molar-refractivity contribution in [2.45, 2.75) is 51.7 Å². The molecule has 1 aromatic carbocycles. The summed E-state index contributed by atoms with van der Waals surface area (Å²) in [7, 11) is 0. The molecule has 0 aliphatic carbocycles. The minimum atomic E-state index is 0.210. The van der Waals surface area contributed by atoms with Crippen LogP contribution < -0.4 is 5.06 Å². The van der Waals surface area contributed by atoms with Crippen molar-refractivity contribution in [2.24, 2.45) is 5.92 Å². The van der Waals surface area contributed by atoms with Gasteiger partial charge in [0, 0.05) is 12.2 Å². The Kier molecular flexibility index (Phi) is 3.76. The average Bonchev–Trinajstić information content (AvgIpc) is 2.72. The van der Waals surface area contributed by atoms with Crippen LogP contribution in [0, 0.1) is 5.92 Å². The highest BCUT2D eigenvalue weighted by Crippen LogP contribution is 2.38. The number of rotatable bonds is 1. The summed E-state index contributed by atoms with van der Waals surface area (Å²) >= 11 is 2.04. The van der Waals surface area contributed by atoms with E-state index in [-0.39, 0.29) is 5.41 Å². The topological polar surface area (TPSA) is 12.5 Å². The largest absolute Gasteiger partial charge is 0.269 e. The summed E-state index contributed by atoms with van der Waals surface area (Å²) in [6.45, 7) is 9.12. The van der Waals surface area contributed by atoms with Gasteiger partial charge in [-0.15, -0.1) is 0 Å². The van der Waals surface area contributed by atoms with Crippen LogP contribution >= 0.6 is 11.8 Å². The molecule has 2 saturated heterocycles. The van der Waals surface area contributed by atoms with Crippen molar-refractivity contribution in [3.05, 3.63) is 29.8 Å². The van der Waals surface area contributed by atoms with Gasteiger partial charge in [0.15, 0.2) is 0 Å². The molecule has 2 aliphatic heterocycles. The van der Waals surface area contributed by atoms with E-state index in [2.05, 4.69) is 57.0 Å². The SMILES string of the molecule is C[C@H]1CSC[C@H]2C[C@@H]1N(c1ccc(C(C)(C)C)cc1)O2. The molecular weight excluding hydrogens is 266 g/mol. The van der Waals surface area contributed by atoms with Gasteiger partial charge in [0.25, 0.3) is 0 Å². The number of hydrogen-bond acceptors (Lipinski definition) is 3. The van der Waals surface area contributed by atoms with Gasteiger partial charge in [0.05, 0.1) is 17.8 Å². The van der Waals surface area contributed by atoms with Crippen LogP contribution in [0.3, 0.4) is 0 Å². The molecular formula is C17H25NOS. The van der Waals surface area contributed by atoms with Crippen molar-refractivity contribution < 1.29 is 4.84 Å². The summed E-state index contributed by atoms with van der Waals surface area (Å²) in [5.74, 6) is 3.08. The van der Waals surface area contributed by atoms with Gasteiger partial charge in [-0.2, -0.15) is 11.8 Å². The predicted octanol–water partition coefficient (Wildman–Crippen LogP) is 4.25. The van der Waals surface area contributed by atoms with Crippen molar-refractivity contribution in [1.82, 2.24) is 0 Å². The van der Waals surface area contributed by atoms with E-state index in [1.54, 1.807) is 0 Å². The van der Waals surface area contributed by atoms with E-state index in [1.807, 2.05) is 11.8 Å². The molecule has 0 aromatic heterocycles. The van der Waals surface area contributed by atoms with E-state index >= 15 is 0 Å². The highest BCUT2D eigenvalue weighted by atomic mass is 32.2. The maximum atomic E-state index is 6.16. The third-order valence-electron chi connectivity index (χ3n) is 4.40. The van der Waals surface area contributed by atoms with Crippen molar-refractivity contribution >= 4 is 17.4 Å². The van der Waals surface area contributed by atoms with Crippen LogP contribution in [-0.2, 0) is 10.3 Å². The molecule has 2 aliphatic rings. The van der Waals surface area contributed by atoms with Crippen molar-refractivity contribution in [1.29, 1.82) is 0 Å². The van der Waals surface area contributed by atoms with Gasteiger partial charge in [-0.1, -0.05) is 39.8 Å². The Morgan fingerprint density at radius 1 is 1.15 bits per heavy atom. The third kappa shape index (κ3) is 2.71. The summed E-state index contributed by atoms with van der Waals surface area (Å²) < 4.78 is 0. The Labute approximate surface area is 126 Å². The lowest BCUT2D eigenvalue weighted by Crippen LogP contribution is -2.35. The number of thioether (sulfide) groups is 1. The Morgan fingerprint density at radius 2 is 1.85 bits per heavy atom. The Morgan fingerprint density at radius 3 is 2.50 bits per heavy atom. The number of hydrogen-bond donors (Lipinski definition) is 0. The maximum absolute atomic E-state index is 6.16. The van der Waals surface area contributed by atoms with E-state index < -0.39 is 0 Å². The molecule has 2 bridgehead atoms. The molecule has 0 N–H and O–H groups in total. The average molecular weight is 291 g/mol. The summed E-state index contributed by atoms with van der Waals surface area (Å²) in [5, 5.41) is 2.18. The molecule has 0 amide bonds. The van der Waals surface area contributed by atoms with Crippen molar-refractivity contribution in [2.75, 3.05) is 16.6 Å². The highest BCUT2D eigenvalue weighted by Gasteiger charge is 2.39. The first-order valence-electron chi connectivity index (χ1n) is 7.59. The van der Waals surface area contributed by atoms with E-state index in [1.165, 1.54) is 23.4 Å². The van der Waals surface area contributed by atoms with Crippen LogP contribution in [0.4, 0.5) is 5.69 Å². The van der Waals surface area contributed by atoms with Crippen LogP contribution in [0.5, 0.6) is 0 Å². The van der Waals surface area contributed by atoms with E-state index in [9.17, 15) is 0 Å². The molecule has 20 heavy (non-hydrogen) atoms. The lowest BCUT2D eigenvalue weighted by molar-refractivity contribution is 0.0947. The Hall–Kier alpha value is -0.670. The van der Waals surface area contributed by atoms with Crippen molar-refractivity contribution in [3.63, 3.8) is 0 Å². The fourth-order valence-electron chi connectivity index (χ4n) is 3.07. The summed E-state index contributed by atoms with van der Waals surface area (Å²) in [6.07, 6.45) is 1.58. The minimum Gasteiger partial charge on any atom is -0.269 e. The third-order valence-corrected chi connectivity index (χ3v) is 5.77. The monoisotopic (exact) mass is 291 g/mol. The first-order valence-corrected chi connectivity index (χ1v) is 8.75. The van der Waals surface area contributed by atoms with Gasteiger partial charge in [-0.05, 0) is 34.8 Å². The normalized spacial score (nSPS) is 30.4. The molecule has 1 aromatic rings. The molecule has 3 atom stereocenters. The molecule has 0 unspecified atom stereocenters. The molecule has 0 saturated carbocycles. The smallest absolute Gasteiger partial charge is 0.0967 e. The van der Waals surface area contributed by atoms with Crippen LogP contribution in [-0.4, -0.2) is 23.7 Å². The molecule has 110 valence electrons. The fraction of sp³-hybridized carbons (Fsp3) is 0.647. The number of benzene rings is 1. The van der Waals surface area contributed by atoms with Crippen LogP contribution in [0.25, 0.3) is 0 Å². The molecule has 2 fully saturated rings. The van der Waals surface area contributed by atoms with Gasteiger partial charge < -0.3 is 0 Å². The zero-order valence-electron chi connectivity index (χ0n) is 12.9. The number of nitrogens with zero attached hydrogens (tertiary/aromatic N) is 1. The zero-order valence-corrected chi connectivity index (χ0v) is 13.7. The van der Waals surface area contributed by atoms with E-state index in [0.29, 0.717) is 18.1 Å². The van der Waals surface area contributed by atoms with Gasteiger partial charge >= 0.3 is 0 Å². The lowest BCUT2D eigenvalue weighted by atomic mass is 9.87. The standard InChI is InChI=1S/C17H25NOS/c1-12-10-20-11-15-9-16(12)18(19-15)14-7-5-13(6-8-14)17(2,3)4/h5-8,12,15-16H,9-11H2,1-4H3/t12-,15+,16-/m0/s1. The second-order valence-corrected chi connectivity index (χ2v) is 8.24. The second-order valence-electron chi connectivity index (χ2n) is 7.17. The van der Waals surface area contributed by atoms with Gasteiger partial charge in [-0.3, -0.25) is 9.90 Å².